The topological polar surface area (TPSA) is 18.5 Å². The zero-order valence-corrected chi connectivity index (χ0v) is 9.29. The average Bonchev–Trinajstić information content (AvgIpc) is 2.82. The van der Waals surface area contributed by atoms with Crippen molar-refractivity contribution in [2.24, 2.45) is 5.41 Å². The first-order chi connectivity index (χ1) is 7.25. The summed E-state index contributed by atoms with van der Waals surface area (Å²) in [6, 6.07) is 0. The van der Waals surface area contributed by atoms with Gasteiger partial charge in [-0.05, 0) is 19.8 Å². The van der Waals surface area contributed by atoms with Crippen LogP contribution in [0.25, 0.3) is 0 Å². The van der Waals surface area contributed by atoms with Crippen LogP contribution in [0.15, 0.2) is 23.8 Å². The van der Waals surface area contributed by atoms with Gasteiger partial charge in [-0.2, -0.15) is 0 Å². The van der Waals surface area contributed by atoms with Crippen molar-refractivity contribution in [1.29, 1.82) is 0 Å². The van der Waals surface area contributed by atoms with E-state index in [-0.39, 0.29) is 5.79 Å². The molecule has 3 aliphatic rings. The van der Waals surface area contributed by atoms with Gasteiger partial charge in [-0.25, -0.2) is 0 Å². The van der Waals surface area contributed by atoms with Crippen molar-refractivity contribution in [2.45, 2.75) is 38.4 Å². The van der Waals surface area contributed by atoms with Gasteiger partial charge in [0.2, 0.25) is 0 Å². The second-order valence-electron chi connectivity index (χ2n) is 4.97. The van der Waals surface area contributed by atoms with Crippen molar-refractivity contribution in [3.05, 3.63) is 23.8 Å². The number of ether oxygens (including phenoxy) is 2. The van der Waals surface area contributed by atoms with Crippen molar-refractivity contribution in [2.75, 3.05) is 13.2 Å². The maximum atomic E-state index is 5.75. The van der Waals surface area contributed by atoms with E-state index in [1.807, 2.05) is 0 Å². The first kappa shape index (κ1) is 9.61. The molecule has 82 valence electrons. The molecular weight excluding hydrogens is 188 g/mol. The maximum absolute atomic E-state index is 5.75. The van der Waals surface area contributed by atoms with Crippen molar-refractivity contribution < 1.29 is 9.47 Å². The van der Waals surface area contributed by atoms with E-state index in [0.717, 1.165) is 26.1 Å². The second kappa shape index (κ2) is 3.19. The molecule has 0 bridgehead atoms. The highest BCUT2D eigenvalue weighted by atomic mass is 16.7. The van der Waals surface area contributed by atoms with Crippen LogP contribution in [0.4, 0.5) is 0 Å². The van der Waals surface area contributed by atoms with Crippen molar-refractivity contribution in [3.63, 3.8) is 0 Å². The summed E-state index contributed by atoms with van der Waals surface area (Å²) in [4.78, 5) is 0. The van der Waals surface area contributed by atoms with E-state index in [4.69, 9.17) is 9.47 Å². The molecule has 2 spiro atoms. The lowest BCUT2D eigenvalue weighted by Gasteiger charge is -2.41. The molecule has 1 saturated heterocycles. The number of hydrogen-bond donors (Lipinski definition) is 0. The molecule has 0 aromatic rings. The Hall–Kier alpha value is -0.600. The minimum Gasteiger partial charge on any atom is -0.348 e. The lowest BCUT2D eigenvalue weighted by molar-refractivity contribution is -0.185. The SMILES string of the molecule is CC1=CC=CC12CCC1(CC2)OCCO1. The van der Waals surface area contributed by atoms with Crippen molar-refractivity contribution >= 4 is 0 Å². The highest BCUT2D eigenvalue weighted by molar-refractivity contribution is 5.33. The fraction of sp³-hybridized carbons (Fsp3) is 0.692. The Bertz CT molecular complexity index is 311. The van der Waals surface area contributed by atoms with Gasteiger partial charge < -0.3 is 9.47 Å². The monoisotopic (exact) mass is 206 g/mol. The van der Waals surface area contributed by atoms with Crippen molar-refractivity contribution in [1.82, 2.24) is 0 Å². The van der Waals surface area contributed by atoms with Gasteiger partial charge in [0.05, 0.1) is 13.2 Å². The molecule has 0 amide bonds. The Balaban J connectivity index is 1.75. The molecule has 0 unspecified atom stereocenters. The highest BCUT2D eigenvalue weighted by Gasteiger charge is 2.46. The Morgan fingerprint density at radius 1 is 1.07 bits per heavy atom. The molecule has 0 radical (unpaired) electrons. The summed E-state index contributed by atoms with van der Waals surface area (Å²) in [5.74, 6) is -0.220. The average molecular weight is 206 g/mol. The van der Waals surface area contributed by atoms with E-state index in [1.54, 1.807) is 0 Å². The van der Waals surface area contributed by atoms with Gasteiger partial charge in [0.15, 0.2) is 5.79 Å². The molecule has 1 heterocycles. The van der Waals surface area contributed by atoms with E-state index < -0.39 is 0 Å². The van der Waals surface area contributed by atoms with E-state index in [0.29, 0.717) is 5.41 Å². The van der Waals surface area contributed by atoms with Crippen LogP contribution in [0.5, 0.6) is 0 Å². The third kappa shape index (κ3) is 1.39. The molecule has 1 aliphatic heterocycles. The Morgan fingerprint density at radius 3 is 2.27 bits per heavy atom. The van der Waals surface area contributed by atoms with Crippen LogP contribution >= 0.6 is 0 Å². The number of hydrogen-bond acceptors (Lipinski definition) is 2. The second-order valence-corrected chi connectivity index (χ2v) is 4.97. The van der Waals surface area contributed by atoms with Crippen LogP contribution < -0.4 is 0 Å². The normalized spacial score (nSPS) is 31.4. The fourth-order valence-corrected chi connectivity index (χ4v) is 3.10. The minimum atomic E-state index is -0.220. The van der Waals surface area contributed by atoms with Gasteiger partial charge in [-0.3, -0.25) is 0 Å². The van der Waals surface area contributed by atoms with E-state index >= 15 is 0 Å². The van der Waals surface area contributed by atoms with Gasteiger partial charge in [-0.1, -0.05) is 23.8 Å². The van der Waals surface area contributed by atoms with Crippen LogP contribution in [-0.4, -0.2) is 19.0 Å². The zero-order chi connectivity index (χ0) is 10.4. The van der Waals surface area contributed by atoms with Gasteiger partial charge in [0, 0.05) is 18.3 Å². The summed E-state index contributed by atoms with van der Waals surface area (Å²) in [5, 5.41) is 0. The number of rotatable bonds is 0. The van der Waals surface area contributed by atoms with Gasteiger partial charge >= 0.3 is 0 Å². The third-order valence-electron chi connectivity index (χ3n) is 4.26. The van der Waals surface area contributed by atoms with Gasteiger partial charge in [0.1, 0.15) is 0 Å². The molecule has 2 fully saturated rings. The molecule has 0 aromatic carbocycles. The highest BCUT2D eigenvalue weighted by Crippen LogP contribution is 2.50. The first-order valence-electron chi connectivity index (χ1n) is 5.89. The summed E-state index contributed by atoms with van der Waals surface area (Å²) >= 11 is 0. The summed E-state index contributed by atoms with van der Waals surface area (Å²) < 4.78 is 11.5. The molecule has 2 aliphatic carbocycles. The van der Waals surface area contributed by atoms with Crippen LogP contribution in [-0.2, 0) is 9.47 Å². The smallest absolute Gasteiger partial charge is 0.168 e. The zero-order valence-electron chi connectivity index (χ0n) is 9.29. The molecule has 2 nitrogen and oxygen atoms in total. The molecule has 2 heteroatoms. The molecule has 0 aromatic heterocycles. The van der Waals surface area contributed by atoms with Gasteiger partial charge in [-0.15, -0.1) is 0 Å². The molecule has 15 heavy (non-hydrogen) atoms. The number of allylic oxidation sites excluding steroid dienone is 4. The van der Waals surface area contributed by atoms with E-state index in [9.17, 15) is 0 Å². The Labute approximate surface area is 90.9 Å². The largest absolute Gasteiger partial charge is 0.348 e. The van der Waals surface area contributed by atoms with Gasteiger partial charge in [0.25, 0.3) is 0 Å². The van der Waals surface area contributed by atoms with E-state index in [2.05, 4.69) is 25.2 Å². The molecule has 0 N–H and O–H groups in total. The Kier molecular flexibility index (Phi) is 2.05. The summed E-state index contributed by atoms with van der Waals surface area (Å²) in [5.41, 5.74) is 1.84. The summed E-state index contributed by atoms with van der Waals surface area (Å²) in [6.07, 6.45) is 11.2. The van der Waals surface area contributed by atoms with Crippen LogP contribution in [0.3, 0.4) is 0 Å². The van der Waals surface area contributed by atoms with Crippen LogP contribution in [0, 0.1) is 5.41 Å². The maximum Gasteiger partial charge on any atom is 0.168 e. The Morgan fingerprint density at radius 2 is 1.73 bits per heavy atom. The molecule has 3 rings (SSSR count). The minimum absolute atomic E-state index is 0.220. The van der Waals surface area contributed by atoms with Crippen LogP contribution in [0.2, 0.25) is 0 Å². The third-order valence-corrected chi connectivity index (χ3v) is 4.26. The summed E-state index contributed by atoms with van der Waals surface area (Å²) in [7, 11) is 0. The van der Waals surface area contributed by atoms with E-state index in [1.165, 1.54) is 18.4 Å². The van der Waals surface area contributed by atoms with Crippen LogP contribution in [0.1, 0.15) is 32.6 Å². The predicted octanol–water partition coefficient (Wildman–Crippen LogP) is 2.81. The lowest BCUT2D eigenvalue weighted by Crippen LogP contribution is -2.39. The van der Waals surface area contributed by atoms with Crippen molar-refractivity contribution in [3.8, 4) is 0 Å². The fourth-order valence-electron chi connectivity index (χ4n) is 3.10. The molecule has 0 atom stereocenters. The standard InChI is InChI=1S/C13H18O2/c1-11-3-2-4-12(11)5-7-13(8-6-12)14-9-10-15-13/h2-4H,5-10H2,1H3. The first-order valence-corrected chi connectivity index (χ1v) is 5.89. The lowest BCUT2D eigenvalue weighted by atomic mass is 9.69. The molecular formula is C13H18O2. The summed E-state index contributed by atoms with van der Waals surface area (Å²) in [6.45, 7) is 3.80. The quantitative estimate of drug-likeness (QED) is 0.606. The molecule has 1 saturated carbocycles. The predicted molar refractivity (Wildman–Crippen MR) is 58.4 cm³/mol.